The second-order valence-corrected chi connectivity index (χ2v) is 5.76. The van der Waals surface area contributed by atoms with Crippen LogP contribution in [0.4, 0.5) is 17.6 Å². The molecule has 0 spiro atoms. The van der Waals surface area contributed by atoms with Crippen LogP contribution in [0.25, 0.3) is 0 Å². The van der Waals surface area contributed by atoms with Crippen molar-refractivity contribution < 1.29 is 22.4 Å². The molecule has 2 nitrogen and oxygen atoms in total. The van der Waals surface area contributed by atoms with E-state index in [9.17, 15) is 22.4 Å². The van der Waals surface area contributed by atoms with Gasteiger partial charge in [-0.25, -0.2) is 4.39 Å². The van der Waals surface area contributed by atoms with Crippen LogP contribution in [-0.2, 0) is 12.7 Å². The predicted octanol–water partition coefficient (Wildman–Crippen LogP) is 4.14. The molecule has 7 heteroatoms. The number of benzene rings is 1. The molecule has 2 rings (SSSR count). The van der Waals surface area contributed by atoms with E-state index in [2.05, 4.69) is 5.32 Å². The molecule has 0 fully saturated rings. The van der Waals surface area contributed by atoms with Crippen molar-refractivity contribution in [1.29, 1.82) is 0 Å². The molecule has 0 atom stereocenters. The highest BCUT2D eigenvalue weighted by molar-refractivity contribution is 7.11. The smallest absolute Gasteiger partial charge is 0.347 e. The summed E-state index contributed by atoms with van der Waals surface area (Å²) in [4.78, 5) is 13.8. The van der Waals surface area contributed by atoms with E-state index < -0.39 is 23.5 Å². The summed E-state index contributed by atoms with van der Waals surface area (Å²) < 4.78 is 50.9. The van der Waals surface area contributed by atoms with E-state index in [1.165, 1.54) is 11.3 Å². The van der Waals surface area contributed by atoms with Crippen molar-refractivity contribution in [2.75, 3.05) is 0 Å². The molecule has 1 aromatic heterocycles. The molecular formula is C14H11F4NOS. The highest BCUT2D eigenvalue weighted by Crippen LogP contribution is 2.31. The molecule has 1 heterocycles. The number of hydrogen-bond donors (Lipinski definition) is 1. The molecule has 1 amide bonds. The Hall–Kier alpha value is -1.89. The largest absolute Gasteiger partial charge is 0.419 e. The van der Waals surface area contributed by atoms with E-state index in [1.807, 2.05) is 19.1 Å². The molecule has 0 saturated heterocycles. The number of thiophene rings is 1. The van der Waals surface area contributed by atoms with E-state index in [0.29, 0.717) is 12.1 Å². The number of nitrogens with one attached hydrogen (secondary N) is 1. The number of carbonyl (C=O) groups excluding carboxylic acids is 1. The first-order chi connectivity index (χ1) is 9.77. The fourth-order valence-corrected chi connectivity index (χ4v) is 2.56. The average molecular weight is 317 g/mol. The first kappa shape index (κ1) is 15.5. The van der Waals surface area contributed by atoms with Crippen molar-refractivity contribution in [3.8, 4) is 0 Å². The second-order valence-electron chi connectivity index (χ2n) is 4.39. The quantitative estimate of drug-likeness (QED) is 0.847. The van der Waals surface area contributed by atoms with Gasteiger partial charge < -0.3 is 5.32 Å². The van der Waals surface area contributed by atoms with Crippen molar-refractivity contribution in [1.82, 2.24) is 5.32 Å². The van der Waals surface area contributed by atoms with Gasteiger partial charge >= 0.3 is 6.18 Å². The lowest BCUT2D eigenvalue weighted by atomic mass is 10.1. The standard InChI is InChI=1S/C14H11F4NOS/c1-8-2-4-10(21-8)7-19-13(20)9-3-5-12(15)11(6-9)14(16,17)18/h2-6H,7H2,1H3,(H,19,20). The minimum absolute atomic E-state index is 0.218. The van der Waals surface area contributed by atoms with Crippen LogP contribution in [0.2, 0.25) is 0 Å². The minimum atomic E-state index is -4.83. The van der Waals surface area contributed by atoms with Gasteiger partial charge in [-0.05, 0) is 37.3 Å². The number of hydrogen-bond acceptors (Lipinski definition) is 2. The first-order valence-electron chi connectivity index (χ1n) is 5.97. The van der Waals surface area contributed by atoms with Gasteiger partial charge in [-0.1, -0.05) is 0 Å². The molecule has 2 aromatic rings. The summed E-state index contributed by atoms with van der Waals surface area (Å²) in [6, 6.07) is 5.90. The summed E-state index contributed by atoms with van der Waals surface area (Å²) in [7, 11) is 0. The maximum absolute atomic E-state index is 13.1. The number of carbonyl (C=O) groups is 1. The fraction of sp³-hybridized carbons (Fsp3) is 0.214. The van der Waals surface area contributed by atoms with Crippen LogP contribution in [0.15, 0.2) is 30.3 Å². The predicted molar refractivity (Wildman–Crippen MR) is 71.6 cm³/mol. The number of alkyl halides is 3. The van der Waals surface area contributed by atoms with Gasteiger partial charge in [0.05, 0.1) is 12.1 Å². The summed E-state index contributed by atoms with van der Waals surface area (Å²) in [5.41, 5.74) is -1.67. The third kappa shape index (κ3) is 3.81. The van der Waals surface area contributed by atoms with Gasteiger partial charge in [0.25, 0.3) is 5.91 Å². The van der Waals surface area contributed by atoms with Crippen LogP contribution in [-0.4, -0.2) is 5.91 Å². The van der Waals surface area contributed by atoms with Gasteiger partial charge in [-0.15, -0.1) is 11.3 Å². The van der Waals surface area contributed by atoms with Crippen LogP contribution < -0.4 is 5.32 Å². The molecule has 0 saturated carbocycles. The van der Waals surface area contributed by atoms with Crippen LogP contribution in [0, 0.1) is 12.7 Å². The number of aryl methyl sites for hydroxylation is 1. The van der Waals surface area contributed by atoms with Gasteiger partial charge in [0.1, 0.15) is 5.82 Å². The van der Waals surface area contributed by atoms with Gasteiger partial charge in [-0.3, -0.25) is 4.79 Å². The van der Waals surface area contributed by atoms with Gasteiger partial charge in [-0.2, -0.15) is 13.2 Å². The lowest BCUT2D eigenvalue weighted by Gasteiger charge is -2.10. The van der Waals surface area contributed by atoms with E-state index in [-0.39, 0.29) is 12.1 Å². The maximum atomic E-state index is 13.1. The Labute approximate surface area is 122 Å². The molecule has 0 radical (unpaired) electrons. The molecule has 1 aromatic carbocycles. The van der Waals surface area contributed by atoms with Crippen LogP contribution in [0.5, 0.6) is 0 Å². The normalized spacial score (nSPS) is 11.5. The van der Waals surface area contributed by atoms with E-state index in [0.717, 1.165) is 15.8 Å². The number of amides is 1. The molecule has 0 unspecified atom stereocenters. The SMILES string of the molecule is Cc1ccc(CNC(=O)c2ccc(F)c(C(F)(F)F)c2)s1. The molecular weight excluding hydrogens is 306 g/mol. The van der Waals surface area contributed by atoms with Gasteiger partial charge in [0, 0.05) is 15.3 Å². The van der Waals surface area contributed by atoms with Crippen molar-refractivity contribution in [2.24, 2.45) is 0 Å². The molecule has 0 bridgehead atoms. The molecule has 0 aliphatic rings. The molecule has 21 heavy (non-hydrogen) atoms. The lowest BCUT2D eigenvalue weighted by molar-refractivity contribution is -0.140. The zero-order valence-electron chi connectivity index (χ0n) is 10.9. The van der Waals surface area contributed by atoms with Crippen molar-refractivity contribution in [3.05, 3.63) is 57.0 Å². The third-order valence-corrected chi connectivity index (χ3v) is 3.75. The summed E-state index contributed by atoms with van der Waals surface area (Å²) in [6.07, 6.45) is -4.83. The number of halogens is 4. The summed E-state index contributed by atoms with van der Waals surface area (Å²) in [5.74, 6) is -2.07. The zero-order chi connectivity index (χ0) is 15.6. The Kier molecular flexibility index (Phi) is 4.32. The summed E-state index contributed by atoms with van der Waals surface area (Å²) in [5, 5.41) is 2.51. The van der Waals surface area contributed by atoms with E-state index >= 15 is 0 Å². The Bertz CT molecular complexity index is 663. The van der Waals surface area contributed by atoms with Crippen LogP contribution >= 0.6 is 11.3 Å². The molecule has 0 aliphatic carbocycles. The second kappa shape index (κ2) is 5.85. The number of rotatable bonds is 3. The van der Waals surface area contributed by atoms with Crippen molar-refractivity contribution >= 4 is 17.2 Å². The zero-order valence-corrected chi connectivity index (χ0v) is 11.7. The van der Waals surface area contributed by atoms with Crippen LogP contribution in [0.3, 0.4) is 0 Å². The fourth-order valence-electron chi connectivity index (χ4n) is 1.73. The Balaban J connectivity index is 2.12. The first-order valence-corrected chi connectivity index (χ1v) is 6.79. The Morgan fingerprint density at radius 1 is 1.24 bits per heavy atom. The van der Waals surface area contributed by atoms with Crippen molar-refractivity contribution in [2.45, 2.75) is 19.6 Å². The topological polar surface area (TPSA) is 29.1 Å². The van der Waals surface area contributed by atoms with Gasteiger partial charge in [0.15, 0.2) is 0 Å². The molecule has 0 aliphatic heterocycles. The van der Waals surface area contributed by atoms with E-state index in [4.69, 9.17) is 0 Å². The highest BCUT2D eigenvalue weighted by Gasteiger charge is 2.34. The maximum Gasteiger partial charge on any atom is 0.419 e. The molecule has 112 valence electrons. The van der Waals surface area contributed by atoms with Crippen LogP contribution in [0.1, 0.15) is 25.7 Å². The van der Waals surface area contributed by atoms with Crippen molar-refractivity contribution in [3.63, 3.8) is 0 Å². The average Bonchev–Trinajstić information content (AvgIpc) is 2.81. The Morgan fingerprint density at radius 2 is 1.95 bits per heavy atom. The Morgan fingerprint density at radius 3 is 2.52 bits per heavy atom. The highest BCUT2D eigenvalue weighted by atomic mass is 32.1. The third-order valence-electron chi connectivity index (χ3n) is 2.75. The molecule has 1 N–H and O–H groups in total. The van der Waals surface area contributed by atoms with E-state index in [1.54, 1.807) is 0 Å². The summed E-state index contributed by atoms with van der Waals surface area (Å²) in [6.45, 7) is 2.13. The summed E-state index contributed by atoms with van der Waals surface area (Å²) >= 11 is 1.48. The lowest BCUT2D eigenvalue weighted by Crippen LogP contribution is -2.23. The van der Waals surface area contributed by atoms with Gasteiger partial charge in [0.2, 0.25) is 0 Å². The monoisotopic (exact) mass is 317 g/mol. The minimum Gasteiger partial charge on any atom is -0.347 e.